The number of rotatable bonds is 3. The number of aryl methyl sites for hydroxylation is 1. The van der Waals surface area contributed by atoms with E-state index in [2.05, 4.69) is 50.4 Å². The molecule has 0 spiro atoms. The van der Waals surface area contributed by atoms with E-state index in [4.69, 9.17) is 0 Å². The van der Waals surface area contributed by atoms with Crippen LogP contribution in [0.15, 0.2) is 60.7 Å². The molecule has 2 nitrogen and oxygen atoms in total. The summed E-state index contributed by atoms with van der Waals surface area (Å²) in [5.41, 5.74) is 3.18. The van der Waals surface area contributed by atoms with Crippen LogP contribution in [0.4, 0.5) is 24.5 Å². The number of benzene rings is 3. The minimum absolute atomic E-state index is 0. The average Bonchev–Trinajstić information content (AvgIpc) is 2.74. The molecule has 0 amide bonds. The van der Waals surface area contributed by atoms with Crippen molar-refractivity contribution in [3.8, 4) is 5.75 Å². The second kappa shape index (κ2) is 12.5. The number of alkyl halides is 3. The fraction of sp³-hybridized carbons (Fsp3) is 0.419. The van der Waals surface area contributed by atoms with E-state index in [1.807, 2.05) is 47.6 Å². The van der Waals surface area contributed by atoms with Crippen molar-refractivity contribution >= 4 is 11.4 Å². The van der Waals surface area contributed by atoms with E-state index < -0.39 is 17.2 Å². The fourth-order valence-corrected chi connectivity index (χ4v) is 3.53. The average molecular weight is 599 g/mol. The summed E-state index contributed by atoms with van der Waals surface area (Å²) in [5.74, 6) is 0.406. The van der Waals surface area contributed by atoms with Crippen LogP contribution in [0.5, 0.6) is 5.75 Å². The third kappa shape index (κ3) is 9.49. The molecule has 3 aromatic carbocycles. The van der Waals surface area contributed by atoms with Gasteiger partial charge < -0.3 is 10.4 Å². The van der Waals surface area contributed by atoms with Gasteiger partial charge in [-0.1, -0.05) is 127 Å². The Kier molecular flexibility index (Phi) is 11.0. The monoisotopic (exact) mass is 599 g/mol. The molecule has 0 atom stereocenters. The molecular formula is C31H38F3NORu. The molecule has 0 aliphatic heterocycles. The zero-order chi connectivity index (χ0) is 27.5. The van der Waals surface area contributed by atoms with Gasteiger partial charge >= 0.3 is 25.7 Å². The topological polar surface area (TPSA) is 37.2 Å². The first-order valence-electron chi connectivity index (χ1n) is 12.2. The van der Waals surface area contributed by atoms with Crippen LogP contribution in [-0.4, -0.2) is 0 Å². The predicted octanol–water partition coefficient (Wildman–Crippen LogP) is 9.83. The molecule has 0 aliphatic rings. The largest absolute Gasteiger partial charge is 2.00 e. The Hall–Kier alpha value is -2.33. The number of halogens is 3. The molecule has 0 aromatic heterocycles. The maximum atomic E-state index is 12.9. The summed E-state index contributed by atoms with van der Waals surface area (Å²) in [6.45, 7) is 18.4. The molecule has 0 heterocycles. The van der Waals surface area contributed by atoms with Gasteiger partial charge in [0.15, 0.2) is 0 Å². The van der Waals surface area contributed by atoms with Crippen LogP contribution in [0, 0.1) is 6.92 Å². The zero-order valence-electron chi connectivity index (χ0n) is 23.2. The Morgan fingerprint density at radius 1 is 0.757 bits per heavy atom. The Balaban J connectivity index is 0.000000523. The zero-order valence-corrected chi connectivity index (χ0v) is 24.9. The van der Waals surface area contributed by atoms with Crippen LogP contribution in [0.2, 0.25) is 0 Å². The Morgan fingerprint density at radius 2 is 1.32 bits per heavy atom. The molecule has 0 fully saturated rings. The van der Waals surface area contributed by atoms with Crippen molar-refractivity contribution in [2.45, 2.75) is 85.2 Å². The Morgan fingerprint density at radius 3 is 1.78 bits per heavy atom. The van der Waals surface area contributed by atoms with Gasteiger partial charge in [0, 0.05) is 0 Å². The summed E-state index contributed by atoms with van der Waals surface area (Å²) in [7, 11) is 0. The third-order valence-corrected chi connectivity index (χ3v) is 5.91. The molecule has 202 valence electrons. The second-order valence-electron chi connectivity index (χ2n) is 11.6. The van der Waals surface area contributed by atoms with Gasteiger partial charge in [0.2, 0.25) is 0 Å². The van der Waals surface area contributed by atoms with Crippen molar-refractivity contribution in [2.24, 2.45) is 0 Å². The molecule has 3 rings (SSSR count). The molecule has 6 heteroatoms. The van der Waals surface area contributed by atoms with Crippen molar-refractivity contribution < 1.29 is 37.8 Å². The Labute approximate surface area is 233 Å². The molecule has 37 heavy (non-hydrogen) atoms. The number of hydrogen-bond acceptors (Lipinski definition) is 1. The van der Waals surface area contributed by atoms with Crippen molar-refractivity contribution in [2.75, 3.05) is 0 Å². The molecular weight excluding hydrogens is 560 g/mol. The fourth-order valence-electron chi connectivity index (χ4n) is 3.53. The van der Waals surface area contributed by atoms with E-state index in [0.717, 1.165) is 17.7 Å². The van der Waals surface area contributed by atoms with E-state index in [-0.39, 0.29) is 42.0 Å². The van der Waals surface area contributed by atoms with Crippen LogP contribution in [-0.2, 0) is 36.5 Å². The maximum absolute atomic E-state index is 12.9. The van der Waals surface area contributed by atoms with Crippen molar-refractivity contribution in [3.63, 3.8) is 0 Å². The smallest absolute Gasteiger partial charge is 0.873 e. The maximum Gasteiger partial charge on any atom is 2.00 e. The first-order valence-corrected chi connectivity index (χ1v) is 12.2. The van der Waals surface area contributed by atoms with Gasteiger partial charge in [-0.25, -0.2) is 0 Å². The van der Waals surface area contributed by atoms with Crippen LogP contribution in [0.25, 0.3) is 5.32 Å². The van der Waals surface area contributed by atoms with Gasteiger partial charge in [-0.15, -0.1) is 17.1 Å². The summed E-state index contributed by atoms with van der Waals surface area (Å²) in [5, 5.41) is 17.1. The molecule has 3 aromatic rings. The van der Waals surface area contributed by atoms with Crippen LogP contribution in [0.1, 0.15) is 89.1 Å². The van der Waals surface area contributed by atoms with Crippen molar-refractivity contribution in [1.29, 1.82) is 0 Å². The van der Waals surface area contributed by atoms with Gasteiger partial charge in [-0.3, -0.25) is 0 Å². The normalized spacial score (nSPS) is 11.9. The first-order chi connectivity index (χ1) is 16.4. The third-order valence-electron chi connectivity index (χ3n) is 5.91. The van der Waals surface area contributed by atoms with E-state index in [1.54, 1.807) is 6.07 Å². The standard InChI is InChI=1S/C21H25F3NO.C10H14.Ru/c1-19(2,3)14-11-16(20(4,5)6)18(26)17(12-14)25-15-9-7-8-13(10-15)21(22,23)24;1-8(2)10-6-4-9(3)5-7-10;/h7-12,26H,1-6H3;4-8H,1-3H3;/q-1;;+2/p-1. The summed E-state index contributed by atoms with van der Waals surface area (Å²) < 4.78 is 38.8. The van der Waals surface area contributed by atoms with Crippen LogP contribution < -0.4 is 5.11 Å². The molecule has 0 saturated carbocycles. The van der Waals surface area contributed by atoms with Crippen LogP contribution in [0.3, 0.4) is 0 Å². The van der Waals surface area contributed by atoms with Gasteiger partial charge in [0.05, 0.1) is 5.56 Å². The minimum Gasteiger partial charge on any atom is -0.873 e. The van der Waals surface area contributed by atoms with Gasteiger partial charge in [0.1, 0.15) is 0 Å². The van der Waals surface area contributed by atoms with E-state index in [9.17, 15) is 18.3 Å². The van der Waals surface area contributed by atoms with Crippen molar-refractivity contribution in [3.05, 3.63) is 93.8 Å². The predicted molar refractivity (Wildman–Crippen MR) is 143 cm³/mol. The van der Waals surface area contributed by atoms with E-state index in [1.165, 1.54) is 23.3 Å². The quantitative estimate of drug-likeness (QED) is 0.277. The molecule has 0 N–H and O–H groups in total. The number of hydrogen-bond donors (Lipinski definition) is 0. The SMILES string of the molecule is CC(C)(C)c1cc([N-]c2cccc(C(F)(F)F)c2)c([O-])c(C(C)(C)C)c1.Cc1ccc(C(C)C)cc1.[Ru+2]. The van der Waals surface area contributed by atoms with Crippen molar-refractivity contribution in [1.82, 2.24) is 0 Å². The second-order valence-corrected chi connectivity index (χ2v) is 11.6. The van der Waals surface area contributed by atoms with Gasteiger partial charge in [0.25, 0.3) is 0 Å². The molecule has 0 aliphatic carbocycles. The van der Waals surface area contributed by atoms with Gasteiger partial charge in [-0.2, -0.15) is 13.2 Å². The summed E-state index contributed by atoms with van der Waals surface area (Å²) in [6.07, 6.45) is -4.45. The number of nitrogens with zero attached hydrogens (tertiary/aromatic N) is 1. The van der Waals surface area contributed by atoms with Gasteiger partial charge in [-0.05, 0) is 34.8 Å². The molecule has 0 bridgehead atoms. The summed E-state index contributed by atoms with van der Waals surface area (Å²) in [4.78, 5) is 0. The molecule has 0 saturated heterocycles. The summed E-state index contributed by atoms with van der Waals surface area (Å²) >= 11 is 0. The first kappa shape index (κ1) is 32.7. The minimum atomic E-state index is -4.45. The Bertz CT molecular complexity index is 1160. The van der Waals surface area contributed by atoms with E-state index >= 15 is 0 Å². The molecule has 0 radical (unpaired) electrons. The summed E-state index contributed by atoms with van der Waals surface area (Å²) in [6, 6.07) is 17.0. The van der Waals surface area contributed by atoms with E-state index in [0.29, 0.717) is 11.5 Å². The van der Waals surface area contributed by atoms with Crippen LogP contribution >= 0.6 is 0 Å². The molecule has 0 unspecified atom stereocenters.